The first kappa shape index (κ1) is 14.6. The van der Waals surface area contributed by atoms with Crippen LogP contribution in [0.25, 0.3) is 6.08 Å². The number of thiocarbonyl (C=S) groups is 1. The van der Waals surface area contributed by atoms with Crippen LogP contribution in [-0.2, 0) is 4.79 Å². The third kappa shape index (κ3) is 3.13. The molecule has 0 unspecified atom stereocenters. The number of carbonyl (C=O) groups excluding carboxylic acids is 1. The van der Waals surface area contributed by atoms with Gasteiger partial charge in [0.05, 0.1) is 10.6 Å². The van der Waals surface area contributed by atoms with Crippen molar-refractivity contribution >= 4 is 46.0 Å². The lowest BCUT2D eigenvalue weighted by molar-refractivity contribution is -0.121. The molecule has 0 saturated carbocycles. The fourth-order valence-electron chi connectivity index (χ4n) is 1.93. The molecule has 2 aromatic rings. The first-order chi connectivity index (χ1) is 10.6. The van der Waals surface area contributed by atoms with E-state index < -0.39 is 0 Å². The summed E-state index contributed by atoms with van der Waals surface area (Å²) >= 11 is 6.50. The number of hydrogen-bond acceptors (Lipinski definition) is 5. The maximum absolute atomic E-state index is 12.4. The first-order valence-corrected chi connectivity index (χ1v) is 7.75. The minimum atomic E-state index is -0.188. The highest BCUT2D eigenvalue weighted by atomic mass is 32.2. The number of para-hydroxylation sites is 1. The fraction of sp³-hybridized carbons (Fsp3) is 0. The average molecular weight is 328 g/mol. The van der Waals surface area contributed by atoms with Crippen molar-refractivity contribution in [3.05, 3.63) is 65.1 Å². The monoisotopic (exact) mass is 328 g/mol. The van der Waals surface area contributed by atoms with Gasteiger partial charge in [0.15, 0.2) is 4.32 Å². The van der Waals surface area contributed by atoms with Crippen molar-refractivity contribution in [3.8, 4) is 5.75 Å². The van der Waals surface area contributed by atoms with Crippen molar-refractivity contribution in [2.75, 3.05) is 5.43 Å². The van der Waals surface area contributed by atoms with Gasteiger partial charge in [-0.25, -0.2) is 5.01 Å². The van der Waals surface area contributed by atoms with Crippen molar-refractivity contribution in [2.24, 2.45) is 0 Å². The summed E-state index contributed by atoms with van der Waals surface area (Å²) in [6.45, 7) is 0. The number of anilines is 1. The predicted octanol–water partition coefficient (Wildman–Crippen LogP) is 3.62. The van der Waals surface area contributed by atoms with Gasteiger partial charge in [-0.2, -0.15) is 0 Å². The van der Waals surface area contributed by atoms with Crippen LogP contribution in [-0.4, -0.2) is 20.3 Å². The SMILES string of the molecule is O=C1C(=Cc2ccc(O)cc2)SC(=S)N1Nc1ccccc1. The van der Waals surface area contributed by atoms with E-state index in [2.05, 4.69) is 5.43 Å². The minimum absolute atomic E-state index is 0.188. The van der Waals surface area contributed by atoms with E-state index in [1.165, 1.54) is 16.8 Å². The van der Waals surface area contributed by atoms with Crippen molar-refractivity contribution in [3.63, 3.8) is 0 Å². The quantitative estimate of drug-likeness (QED) is 0.666. The van der Waals surface area contributed by atoms with Crippen LogP contribution < -0.4 is 5.43 Å². The topological polar surface area (TPSA) is 52.6 Å². The Morgan fingerprint density at radius 3 is 2.45 bits per heavy atom. The third-order valence-corrected chi connectivity index (χ3v) is 4.30. The van der Waals surface area contributed by atoms with Crippen LogP contribution in [0.1, 0.15) is 5.56 Å². The summed E-state index contributed by atoms with van der Waals surface area (Å²) in [4.78, 5) is 13.0. The van der Waals surface area contributed by atoms with Crippen molar-refractivity contribution in [1.82, 2.24) is 5.01 Å². The van der Waals surface area contributed by atoms with Gasteiger partial charge in [0, 0.05) is 0 Å². The molecule has 1 aliphatic heterocycles. The molecule has 1 fully saturated rings. The molecule has 2 aromatic carbocycles. The normalized spacial score (nSPS) is 16.4. The van der Waals surface area contributed by atoms with Crippen LogP contribution in [0, 0.1) is 0 Å². The molecule has 1 aliphatic rings. The zero-order valence-corrected chi connectivity index (χ0v) is 13.0. The smallest absolute Gasteiger partial charge is 0.285 e. The Labute approximate surface area is 137 Å². The highest BCUT2D eigenvalue weighted by Gasteiger charge is 2.32. The van der Waals surface area contributed by atoms with Crippen LogP contribution in [0.15, 0.2) is 59.5 Å². The number of carbonyl (C=O) groups is 1. The Kier molecular flexibility index (Phi) is 4.13. The van der Waals surface area contributed by atoms with Gasteiger partial charge in [-0.05, 0) is 48.1 Å². The molecule has 1 heterocycles. The molecule has 1 saturated heterocycles. The summed E-state index contributed by atoms with van der Waals surface area (Å²) < 4.78 is 0.457. The highest BCUT2D eigenvalue weighted by Crippen LogP contribution is 2.32. The van der Waals surface area contributed by atoms with Gasteiger partial charge in [-0.15, -0.1) is 0 Å². The van der Waals surface area contributed by atoms with Crippen LogP contribution in [0.3, 0.4) is 0 Å². The highest BCUT2D eigenvalue weighted by molar-refractivity contribution is 8.26. The zero-order valence-electron chi connectivity index (χ0n) is 11.4. The first-order valence-electron chi connectivity index (χ1n) is 6.52. The number of benzene rings is 2. The summed E-state index contributed by atoms with van der Waals surface area (Å²) in [5.41, 5.74) is 4.63. The molecular weight excluding hydrogens is 316 g/mol. The number of hydrazine groups is 1. The second-order valence-electron chi connectivity index (χ2n) is 4.59. The van der Waals surface area contributed by atoms with Crippen molar-refractivity contribution < 1.29 is 9.90 Å². The van der Waals surface area contributed by atoms with E-state index in [-0.39, 0.29) is 11.7 Å². The molecule has 0 aromatic heterocycles. The Hall–Kier alpha value is -2.31. The van der Waals surface area contributed by atoms with E-state index in [0.29, 0.717) is 9.23 Å². The largest absolute Gasteiger partial charge is 0.508 e. The summed E-state index contributed by atoms with van der Waals surface area (Å²) in [5.74, 6) is 0.00220. The molecule has 22 heavy (non-hydrogen) atoms. The zero-order chi connectivity index (χ0) is 15.5. The molecule has 0 aliphatic carbocycles. The molecule has 2 N–H and O–H groups in total. The molecule has 0 atom stereocenters. The maximum Gasteiger partial charge on any atom is 0.285 e. The molecule has 0 spiro atoms. The van der Waals surface area contributed by atoms with Crippen LogP contribution in [0.5, 0.6) is 5.75 Å². The lowest BCUT2D eigenvalue weighted by Crippen LogP contribution is -2.33. The van der Waals surface area contributed by atoms with Gasteiger partial charge in [0.25, 0.3) is 5.91 Å². The molecule has 3 rings (SSSR count). The van der Waals surface area contributed by atoms with Gasteiger partial charge in [-0.3, -0.25) is 10.2 Å². The Balaban J connectivity index is 1.80. The Morgan fingerprint density at radius 2 is 1.77 bits per heavy atom. The number of phenols is 1. The standard InChI is InChI=1S/C16H12N2O2S2/c19-13-8-6-11(7-9-13)10-14-15(20)18(16(21)22-14)17-12-4-2-1-3-5-12/h1-10,17,19H. The molecule has 0 bridgehead atoms. The average Bonchev–Trinajstić information content (AvgIpc) is 2.78. The van der Waals surface area contributed by atoms with Gasteiger partial charge in [0.2, 0.25) is 0 Å². The van der Waals surface area contributed by atoms with Crippen LogP contribution in [0.2, 0.25) is 0 Å². The molecule has 4 nitrogen and oxygen atoms in total. The molecular formula is C16H12N2O2S2. The summed E-state index contributed by atoms with van der Waals surface area (Å²) in [7, 11) is 0. The number of amides is 1. The van der Waals surface area contributed by atoms with E-state index in [1.54, 1.807) is 30.3 Å². The minimum Gasteiger partial charge on any atom is -0.508 e. The number of nitrogens with zero attached hydrogens (tertiary/aromatic N) is 1. The van der Waals surface area contributed by atoms with Crippen molar-refractivity contribution in [1.29, 1.82) is 0 Å². The van der Waals surface area contributed by atoms with Gasteiger partial charge >= 0.3 is 0 Å². The van der Waals surface area contributed by atoms with Gasteiger partial charge in [-0.1, -0.05) is 42.1 Å². The van der Waals surface area contributed by atoms with E-state index in [4.69, 9.17) is 12.2 Å². The lowest BCUT2D eigenvalue weighted by atomic mass is 10.2. The van der Waals surface area contributed by atoms with Gasteiger partial charge in [0.1, 0.15) is 5.75 Å². The molecule has 110 valence electrons. The summed E-state index contributed by atoms with van der Waals surface area (Å²) in [6.07, 6.45) is 1.76. The van der Waals surface area contributed by atoms with Crippen molar-refractivity contribution in [2.45, 2.75) is 0 Å². The number of aromatic hydroxyl groups is 1. The number of hydrogen-bond donors (Lipinski definition) is 2. The summed E-state index contributed by atoms with van der Waals surface area (Å²) in [5, 5.41) is 10.6. The molecule has 6 heteroatoms. The number of phenolic OH excluding ortho intramolecular Hbond substituents is 1. The molecule has 0 radical (unpaired) electrons. The van der Waals surface area contributed by atoms with E-state index in [1.807, 2.05) is 30.3 Å². The number of thioether (sulfide) groups is 1. The van der Waals surface area contributed by atoms with Gasteiger partial charge < -0.3 is 5.11 Å². The van der Waals surface area contributed by atoms with E-state index in [9.17, 15) is 9.90 Å². The maximum atomic E-state index is 12.4. The second kappa shape index (κ2) is 6.21. The van der Waals surface area contributed by atoms with Crippen LogP contribution in [0.4, 0.5) is 5.69 Å². The fourth-order valence-corrected chi connectivity index (χ4v) is 3.11. The number of rotatable bonds is 3. The Bertz CT molecular complexity index is 743. The van der Waals surface area contributed by atoms with Crippen LogP contribution >= 0.6 is 24.0 Å². The van der Waals surface area contributed by atoms with E-state index >= 15 is 0 Å². The lowest BCUT2D eigenvalue weighted by Gasteiger charge is -2.16. The predicted molar refractivity (Wildman–Crippen MR) is 93.2 cm³/mol. The van der Waals surface area contributed by atoms with E-state index in [0.717, 1.165) is 11.3 Å². The third-order valence-electron chi connectivity index (χ3n) is 3.00. The Morgan fingerprint density at radius 1 is 1.09 bits per heavy atom. The second-order valence-corrected chi connectivity index (χ2v) is 6.26. The number of nitrogens with one attached hydrogen (secondary N) is 1. The molecule has 1 amide bonds. The summed E-state index contributed by atoms with van der Waals surface area (Å²) in [6, 6.07) is 16.0.